The minimum absolute atomic E-state index is 0.0260. The van der Waals surface area contributed by atoms with Crippen LogP contribution in [0.2, 0.25) is 0 Å². The lowest BCUT2D eigenvalue weighted by Gasteiger charge is -2.14. The Balaban J connectivity index is 2.74. The zero-order valence-corrected chi connectivity index (χ0v) is 7.88. The second kappa shape index (κ2) is 3.87. The van der Waals surface area contributed by atoms with Crippen molar-refractivity contribution in [1.82, 2.24) is 9.97 Å². The normalized spacial score (nSPS) is 11.9. The van der Waals surface area contributed by atoms with Crippen molar-refractivity contribution in [1.29, 1.82) is 0 Å². The third kappa shape index (κ3) is 3.25. The SMILES string of the molecule is CC(C)c1ncc(OC(O)(O)O)cn1. The summed E-state index contributed by atoms with van der Waals surface area (Å²) in [6.45, 7) is 3.84. The number of aromatic nitrogens is 2. The number of nitrogens with zero attached hydrogens (tertiary/aromatic N) is 2. The van der Waals surface area contributed by atoms with Crippen LogP contribution in [0.4, 0.5) is 0 Å². The third-order valence-electron chi connectivity index (χ3n) is 1.42. The lowest BCUT2D eigenvalue weighted by molar-refractivity contribution is -0.419. The van der Waals surface area contributed by atoms with E-state index in [1.165, 1.54) is 12.4 Å². The number of ether oxygens (including phenoxy) is 1. The van der Waals surface area contributed by atoms with E-state index in [2.05, 4.69) is 14.7 Å². The fourth-order valence-electron chi connectivity index (χ4n) is 0.835. The molecule has 6 heteroatoms. The van der Waals surface area contributed by atoms with E-state index in [0.717, 1.165) is 0 Å². The molecule has 0 radical (unpaired) electrons. The van der Waals surface area contributed by atoms with Crippen LogP contribution in [0.15, 0.2) is 12.4 Å². The van der Waals surface area contributed by atoms with Gasteiger partial charge in [0.1, 0.15) is 5.82 Å². The summed E-state index contributed by atoms with van der Waals surface area (Å²) < 4.78 is 4.28. The van der Waals surface area contributed by atoms with Crippen LogP contribution >= 0.6 is 0 Å². The molecule has 0 aliphatic rings. The average Bonchev–Trinajstić information content (AvgIpc) is 2.02. The van der Waals surface area contributed by atoms with Crippen LogP contribution in [0.25, 0.3) is 0 Å². The first kappa shape index (κ1) is 10.8. The Hall–Kier alpha value is -1.24. The van der Waals surface area contributed by atoms with Crippen molar-refractivity contribution in [2.75, 3.05) is 0 Å². The molecule has 1 heterocycles. The van der Waals surface area contributed by atoms with Crippen molar-refractivity contribution < 1.29 is 20.1 Å². The molecule has 6 nitrogen and oxygen atoms in total. The van der Waals surface area contributed by atoms with Gasteiger partial charge in [0, 0.05) is 5.92 Å². The van der Waals surface area contributed by atoms with Gasteiger partial charge >= 0.3 is 6.16 Å². The van der Waals surface area contributed by atoms with Crippen molar-refractivity contribution in [3.8, 4) is 5.75 Å². The molecule has 0 unspecified atom stereocenters. The fourth-order valence-corrected chi connectivity index (χ4v) is 0.835. The Morgan fingerprint density at radius 1 is 1.21 bits per heavy atom. The molecule has 1 aromatic heterocycles. The third-order valence-corrected chi connectivity index (χ3v) is 1.42. The number of rotatable bonds is 3. The summed E-state index contributed by atoms with van der Waals surface area (Å²) >= 11 is 0. The summed E-state index contributed by atoms with van der Waals surface area (Å²) in [6, 6.07) is 0. The molecular weight excluding hydrogens is 188 g/mol. The quantitative estimate of drug-likeness (QED) is 0.573. The molecule has 0 fully saturated rings. The van der Waals surface area contributed by atoms with Gasteiger partial charge in [0.15, 0.2) is 5.75 Å². The van der Waals surface area contributed by atoms with E-state index in [9.17, 15) is 0 Å². The second-order valence-electron chi connectivity index (χ2n) is 3.11. The highest BCUT2D eigenvalue weighted by molar-refractivity contribution is 5.13. The summed E-state index contributed by atoms with van der Waals surface area (Å²) in [4.78, 5) is 7.79. The van der Waals surface area contributed by atoms with Crippen molar-refractivity contribution in [3.63, 3.8) is 0 Å². The summed E-state index contributed by atoms with van der Waals surface area (Å²) in [5, 5.41) is 25.4. The van der Waals surface area contributed by atoms with Gasteiger partial charge in [0.25, 0.3) is 0 Å². The molecule has 1 aromatic rings. The van der Waals surface area contributed by atoms with Gasteiger partial charge in [-0.2, -0.15) is 0 Å². The number of hydrogen-bond donors (Lipinski definition) is 3. The van der Waals surface area contributed by atoms with Crippen molar-refractivity contribution >= 4 is 0 Å². The smallest absolute Gasteiger partial charge is 0.414 e. The van der Waals surface area contributed by atoms with Gasteiger partial charge in [-0.1, -0.05) is 13.8 Å². The molecule has 0 aliphatic carbocycles. The molecule has 0 atom stereocenters. The van der Waals surface area contributed by atoms with Gasteiger partial charge in [-0.25, -0.2) is 9.97 Å². The topological polar surface area (TPSA) is 95.7 Å². The maximum Gasteiger partial charge on any atom is 0.453 e. The van der Waals surface area contributed by atoms with Gasteiger partial charge in [0.2, 0.25) is 0 Å². The molecule has 0 saturated carbocycles. The second-order valence-corrected chi connectivity index (χ2v) is 3.11. The van der Waals surface area contributed by atoms with E-state index in [1.807, 2.05) is 13.8 Å². The average molecular weight is 200 g/mol. The maximum absolute atomic E-state index is 8.48. The predicted molar refractivity (Wildman–Crippen MR) is 46.1 cm³/mol. The predicted octanol–water partition coefficient (Wildman–Crippen LogP) is -0.433. The van der Waals surface area contributed by atoms with Crippen LogP contribution < -0.4 is 4.74 Å². The maximum atomic E-state index is 8.48. The van der Waals surface area contributed by atoms with Gasteiger partial charge in [-0.15, -0.1) is 0 Å². The van der Waals surface area contributed by atoms with E-state index in [-0.39, 0.29) is 11.7 Å². The number of aliphatic hydroxyl groups is 3. The Morgan fingerprint density at radius 2 is 1.71 bits per heavy atom. The van der Waals surface area contributed by atoms with E-state index in [0.29, 0.717) is 5.82 Å². The minimum atomic E-state index is -3.19. The highest BCUT2D eigenvalue weighted by atomic mass is 16.9. The monoisotopic (exact) mass is 200 g/mol. The Morgan fingerprint density at radius 3 is 2.07 bits per heavy atom. The molecule has 78 valence electrons. The standard InChI is InChI=1S/C8H12N2O4/c1-5(2)7-9-3-6(4-10-7)14-8(11,12)13/h3-5,11-13H,1-2H3. The minimum Gasteiger partial charge on any atom is -0.414 e. The van der Waals surface area contributed by atoms with Crippen LogP contribution in [0.3, 0.4) is 0 Å². The molecular formula is C8H12N2O4. The lowest BCUT2D eigenvalue weighted by atomic mass is 10.2. The van der Waals surface area contributed by atoms with Crippen LogP contribution in [0.1, 0.15) is 25.6 Å². The molecule has 3 N–H and O–H groups in total. The zero-order chi connectivity index (χ0) is 10.8. The molecule has 1 rings (SSSR count). The van der Waals surface area contributed by atoms with Gasteiger partial charge in [0.05, 0.1) is 12.4 Å². The fraction of sp³-hybridized carbons (Fsp3) is 0.500. The van der Waals surface area contributed by atoms with E-state index >= 15 is 0 Å². The Bertz CT molecular complexity index is 291. The van der Waals surface area contributed by atoms with E-state index < -0.39 is 6.16 Å². The zero-order valence-electron chi connectivity index (χ0n) is 7.88. The van der Waals surface area contributed by atoms with Crippen LogP contribution in [0, 0.1) is 0 Å². The highest BCUT2D eigenvalue weighted by Gasteiger charge is 2.21. The molecule has 0 aromatic carbocycles. The Labute approximate surface area is 80.8 Å². The van der Waals surface area contributed by atoms with E-state index in [1.54, 1.807) is 0 Å². The van der Waals surface area contributed by atoms with Crippen LogP contribution in [0.5, 0.6) is 5.75 Å². The van der Waals surface area contributed by atoms with Crippen molar-refractivity contribution in [2.45, 2.75) is 25.9 Å². The summed E-state index contributed by atoms with van der Waals surface area (Å²) in [6.07, 6.45) is -0.692. The lowest BCUT2D eigenvalue weighted by Crippen LogP contribution is -2.34. The van der Waals surface area contributed by atoms with Gasteiger partial charge in [-0.05, 0) is 0 Å². The van der Waals surface area contributed by atoms with Crippen LogP contribution in [-0.2, 0) is 0 Å². The molecule has 0 spiro atoms. The first-order valence-corrected chi connectivity index (χ1v) is 4.06. The largest absolute Gasteiger partial charge is 0.453 e. The molecule has 0 bridgehead atoms. The van der Waals surface area contributed by atoms with Gasteiger partial charge in [-0.3, -0.25) is 0 Å². The number of hydrogen-bond acceptors (Lipinski definition) is 6. The van der Waals surface area contributed by atoms with Crippen LogP contribution in [-0.4, -0.2) is 31.4 Å². The summed E-state index contributed by atoms with van der Waals surface area (Å²) in [7, 11) is 0. The Kier molecular flexibility index (Phi) is 3.00. The van der Waals surface area contributed by atoms with Crippen molar-refractivity contribution in [3.05, 3.63) is 18.2 Å². The molecule has 14 heavy (non-hydrogen) atoms. The molecule has 0 aliphatic heterocycles. The van der Waals surface area contributed by atoms with Gasteiger partial charge < -0.3 is 20.1 Å². The molecule has 0 amide bonds. The van der Waals surface area contributed by atoms with E-state index in [4.69, 9.17) is 15.3 Å². The first-order valence-electron chi connectivity index (χ1n) is 4.06. The van der Waals surface area contributed by atoms with Crippen molar-refractivity contribution in [2.24, 2.45) is 0 Å². The molecule has 0 saturated heterocycles. The first-order chi connectivity index (χ1) is 6.38. The summed E-state index contributed by atoms with van der Waals surface area (Å²) in [5.74, 6) is 0.754. The summed E-state index contributed by atoms with van der Waals surface area (Å²) in [5.41, 5.74) is 0. The highest BCUT2D eigenvalue weighted by Crippen LogP contribution is 2.14.